The van der Waals surface area contributed by atoms with Crippen molar-refractivity contribution >= 4 is 0 Å². The van der Waals surface area contributed by atoms with Gasteiger partial charge in [-0.1, -0.05) is 25.9 Å². The van der Waals surface area contributed by atoms with E-state index in [1.807, 2.05) is 0 Å². The second-order valence-electron chi connectivity index (χ2n) is 4.86. The Bertz CT molecular complexity index is 317. The van der Waals surface area contributed by atoms with Crippen LogP contribution in [-0.2, 0) is 11.2 Å². The van der Waals surface area contributed by atoms with Crippen LogP contribution in [0.5, 0.6) is 0 Å². The van der Waals surface area contributed by atoms with Gasteiger partial charge in [0, 0.05) is 20.1 Å². The molecule has 0 bridgehead atoms. The van der Waals surface area contributed by atoms with Gasteiger partial charge in [-0.15, -0.1) is 0 Å². The Labute approximate surface area is 95.8 Å². The van der Waals surface area contributed by atoms with Crippen LogP contribution in [0.2, 0.25) is 0 Å². The molecule has 1 heterocycles. The second kappa shape index (κ2) is 5.41. The highest BCUT2D eigenvalue weighted by Crippen LogP contribution is 2.33. The molecule has 1 atom stereocenters. The van der Waals surface area contributed by atoms with E-state index < -0.39 is 0 Å². The molecule has 5 nitrogen and oxygen atoms in total. The van der Waals surface area contributed by atoms with Gasteiger partial charge in [0.05, 0.1) is 0 Å². The first-order chi connectivity index (χ1) is 7.49. The van der Waals surface area contributed by atoms with Crippen LogP contribution in [-0.4, -0.2) is 29.0 Å². The first kappa shape index (κ1) is 13.1. The fourth-order valence-electron chi connectivity index (χ4n) is 1.55. The summed E-state index contributed by atoms with van der Waals surface area (Å²) in [6, 6.07) is 0. The van der Waals surface area contributed by atoms with E-state index in [1.54, 1.807) is 7.11 Å². The minimum atomic E-state index is -0.181. The Morgan fingerprint density at radius 1 is 1.44 bits per heavy atom. The van der Waals surface area contributed by atoms with Gasteiger partial charge in [0.2, 0.25) is 11.7 Å². The summed E-state index contributed by atoms with van der Waals surface area (Å²) >= 11 is 0. The number of hydrogen-bond donors (Lipinski definition) is 1. The summed E-state index contributed by atoms with van der Waals surface area (Å²) in [5.74, 6) is 1.12. The van der Waals surface area contributed by atoms with Gasteiger partial charge in [0.15, 0.2) is 0 Å². The zero-order valence-corrected chi connectivity index (χ0v) is 10.4. The van der Waals surface area contributed by atoms with Crippen LogP contribution in [0.15, 0.2) is 4.52 Å². The minimum absolute atomic E-state index is 0.0765. The summed E-state index contributed by atoms with van der Waals surface area (Å²) in [6.45, 7) is 6.31. The summed E-state index contributed by atoms with van der Waals surface area (Å²) in [6.07, 6.45) is 1.05. The molecule has 1 rings (SSSR count). The molecule has 5 heteroatoms. The zero-order chi connectivity index (χ0) is 12.2. The molecule has 16 heavy (non-hydrogen) atoms. The molecule has 0 aromatic carbocycles. The Balaban J connectivity index is 2.75. The van der Waals surface area contributed by atoms with E-state index in [-0.39, 0.29) is 18.1 Å². The van der Waals surface area contributed by atoms with Crippen molar-refractivity contribution in [3.63, 3.8) is 0 Å². The number of aryl methyl sites for hydroxylation is 1. The monoisotopic (exact) mass is 228 g/mol. The number of hydrogen-bond acceptors (Lipinski definition) is 5. The number of aliphatic hydroxyl groups is 1. The summed E-state index contributed by atoms with van der Waals surface area (Å²) in [5, 5.41) is 12.6. The van der Waals surface area contributed by atoms with E-state index in [1.165, 1.54) is 0 Å². The fourth-order valence-corrected chi connectivity index (χ4v) is 1.55. The highest BCUT2D eigenvalue weighted by Gasteiger charge is 2.30. The lowest BCUT2D eigenvalue weighted by atomic mass is 9.88. The standard InChI is InChI=1S/C11H20N2O3/c1-11(2,3)9(15-4)10-12-8(16-13-10)6-5-7-14/h9,14H,5-7H2,1-4H3. The minimum Gasteiger partial charge on any atom is -0.396 e. The molecule has 0 radical (unpaired) electrons. The highest BCUT2D eigenvalue weighted by atomic mass is 16.5. The molecule has 1 aromatic heterocycles. The van der Waals surface area contributed by atoms with Gasteiger partial charge >= 0.3 is 0 Å². The van der Waals surface area contributed by atoms with E-state index in [2.05, 4.69) is 30.9 Å². The maximum atomic E-state index is 8.70. The molecule has 1 N–H and O–H groups in total. The number of ether oxygens (including phenoxy) is 1. The topological polar surface area (TPSA) is 68.4 Å². The smallest absolute Gasteiger partial charge is 0.226 e. The third-order valence-corrected chi connectivity index (χ3v) is 2.29. The molecule has 1 unspecified atom stereocenters. The molecule has 92 valence electrons. The quantitative estimate of drug-likeness (QED) is 0.831. The van der Waals surface area contributed by atoms with E-state index in [9.17, 15) is 0 Å². The van der Waals surface area contributed by atoms with Gasteiger partial charge in [-0.05, 0) is 11.8 Å². The first-order valence-corrected chi connectivity index (χ1v) is 5.45. The lowest BCUT2D eigenvalue weighted by Gasteiger charge is -2.26. The van der Waals surface area contributed by atoms with Gasteiger partial charge < -0.3 is 14.4 Å². The van der Waals surface area contributed by atoms with Crippen molar-refractivity contribution in [2.75, 3.05) is 13.7 Å². The Morgan fingerprint density at radius 2 is 2.12 bits per heavy atom. The molecule has 0 aliphatic heterocycles. The summed E-state index contributed by atoms with van der Waals surface area (Å²) in [7, 11) is 1.64. The number of aliphatic hydroxyl groups excluding tert-OH is 1. The van der Waals surface area contributed by atoms with Crippen molar-refractivity contribution in [1.82, 2.24) is 10.1 Å². The third-order valence-electron chi connectivity index (χ3n) is 2.29. The third kappa shape index (κ3) is 3.28. The van der Waals surface area contributed by atoms with Gasteiger partial charge in [0.25, 0.3) is 0 Å². The van der Waals surface area contributed by atoms with E-state index in [0.717, 1.165) is 0 Å². The van der Waals surface area contributed by atoms with Gasteiger partial charge in [0.1, 0.15) is 6.10 Å². The summed E-state index contributed by atoms with van der Waals surface area (Å²) in [4.78, 5) is 4.27. The number of aromatic nitrogens is 2. The predicted octanol–water partition coefficient (Wildman–Crippen LogP) is 1.73. The Kier molecular flexibility index (Phi) is 4.44. The number of rotatable bonds is 5. The molecule has 0 saturated carbocycles. The predicted molar refractivity (Wildman–Crippen MR) is 58.9 cm³/mol. The van der Waals surface area contributed by atoms with Gasteiger partial charge in [-0.25, -0.2) is 0 Å². The number of methoxy groups -OCH3 is 1. The van der Waals surface area contributed by atoms with Crippen LogP contribution in [0.4, 0.5) is 0 Å². The summed E-state index contributed by atoms with van der Waals surface area (Å²) < 4.78 is 10.5. The first-order valence-electron chi connectivity index (χ1n) is 5.45. The van der Waals surface area contributed by atoms with Crippen LogP contribution in [0.3, 0.4) is 0 Å². The normalized spacial score (nSPS) is 14.1. The molecular weight excluding hydrogens is 208 g/mol. The molecule has 0 aliphatic rings. The lowest BCUT2D eigenvalue weighted by molar-refractivity contribution is 0.00718. The van der Waals surface area contributed by atoms with Crippen molar-refractivity contribution in [3.05, 3.63) is 11.7 Å². The van der Waals surface area contributed by atoms with Crippen LogP contribution in [0.1, 0.15) is 45.0 Å². The van der Waals surface area contributed by atoms with Crippen LogP contribution >= 0.6 is 0 Å². The average molecular weight is 228 g/mol. The molecule has 0 amide bonds. The number of nitrogens with zero attached hydrogens (tertiary/aromatic N) is 2. The van der Waals surface area contributed by atoms with Crippen LogP contribution < -0.4 is 0 Å². The molecular formula is C11H20N2O3. The van der Waals surface area contributed by atoms with Gasteiger partial charge in [-0.3, -0.25) is 0 Å². The van der Waals surface area contributed by atoms with Crippen molar-refractivity contribution in [2.45, 2.75) is 39.7 Å². The second-order valence-corrected chi connectivity index (χ2v) is 4.86. The van der Waals surface area contributed by atoms with Crippen molar-refractivity contribution in [2.24, 2.45) is 5.41 Å². The van der Waals surface area contributed by atoms with Crippen LogP contribution in [0, 0.1) is 5.41 Å². The zero-order valence-electron chi connectivity index (χ0n) is 10.4. The van der Waals surface area contributed by atoms with E-state index >= 15 is 0 Å². The van der Waals surface area contributed by atoms with Crippen molar-refractivity contribution in [1.29, 1.82) is 0 Å². The largest absolute Gasteiger partial charge is 0.396 e. The van der Waals surface area contributed by atoms with E-state index in [4.69, 9.17) is 14.4 Å². The summed E-state index contributed by atoms with van der Waals surface area (Å²) in [5.41, 5.74) is -0.0765. The molecule has 1 aromatic rings. The van der Waals surface area contributed by atoms with Crippen molar-refractivity contribution < 1.29 is 14.4 Å². The fraction of sp³-hybridized carbons (Fsp3) is 0.818. The lowest BCUT2D eigenvalue weighted by Crippen LogP contribution is -2.21. The Hall–Kier alpha value is -0.940. The van der Waals surface area contributed by atoms with E-state index in [0.29, 0.717) is 24.6 Å². The van der Waals surface area contributed by atoms with Crippen LogP contribution in [0.25, 0.3) is 0 Å². The highest BCUT2D eigenvalue weighted by molar-refractivity contribution is 4.96. The molecule has 0 saturated heterocycles. The average Bonchev–Trinajstić information content (AvgIpc) is 2.62. The molecule has 0 aliphatic carbocycles. The Morgan fingerprint density at radius 3 is 2.62 bits per heavy atom. The maximum Gasteiger partial charge on any atom is 0.226 e. The van der Waals surface area contributed by atoms with Gasteiger partial charge in [-0.2, -0.15) is 4.98 Å². The maximum absolute atomic E-state index is 8.70. The SMILES string of the molecule is COC(c1noc(CCCO)n1)C(C)(C)C. The molecule has 0 spiro atoms. The molecule has 0 fully saturated rings. The van der Waals surface area contributed by atoms with Crippen molar-refractivity contribution in [3.8, 4) is 0 Å².